The molecule has 1 aromatic rings. The van der Waals surface area contributed by atoms with Gasteiger partial charge < -0.3 is 9.47 Å². The topological polar surface area (TPSA) is 52.6 Å². The van der Waals surface area contributed by atoms with Crippen LogP contribution in [0.2, 0.25) is 5.02 Å². The molecule has 0 heterocycles. The van der Waals surface area contributed by atoms with Crippen molar-refractivity contribution >= 4 is 23.5 Å². The van der Waals surface area contributed by atoms with Gasteiger partial charge in [-0.3, -0.25) is 9.59 Å². The van der Waals surface area contributed by atoms with E-state index in [-0.39, 0.29) is 10.6 Å². The first-order valence-corrected chi connectivity index (χ1v) is 6.71. The first-order valence-electron chi connectivity index (χ1n) is 6.33. The summed E-state index contributed by atoms with van der Waals surface area (Å²) in [6, 6.07) is 2.41. The largest absolute Gasteiger partial charge is 0.468 e. The summed E-state index contributed by atoms with van der Waals surface area (Å²) < 4.78 is 23.8. The SMILES string of the molecule is COC(=O)C(C(=O)OC(C)(C)C)c1cc(C)c(Cl)cc1F. The Hall–Kier alpha value is -1.62. The van der Waals surface area contributed by atoms with E-state index in [1.54, 1.807) is 27.7 Å². The molecule has 1 aromatic carbocycles. The number of ether oxygens (including phenoxy) is 2. The lowest BCUT2D eigenvalue weighted by Crippen LogP contribution is -2.32. The number of rotatable bonds is 3. The maximum atomic E-state index is 14.1. The average molecular weight is 317 g/mol. The normalized spacial score (nSPS) is 12.7. The van der Waals surface area contributed by atoms with E-state index >= 15 is 0 Å². The molecular formula is C15H18ClFO4. The van der Waals surface area contributed by atoms with Gasteiger partial charge in [0, 0.05) is 10.6 Å². The number of esters is 2. The second kappa shape index (κ2) is 6.43. The number of carbonyl (C=O) groups excluding carboxylic acids is 2. The molecule has 0 aliphatic heterocycles. The summed E-state index contributed by atoms with van der Waals surface area (Å²) in [5.74, 6) is -3.99. The van der Waals surface area contributed by atoms with Crippen LogP contribution in [-0.2, 0) is 19.1 Å². The molecule has 0 N–H and O–H groups in total. The van der Waals surface area contributed by atoms with Gasteiger partial charge in [-0.25, -0.2) is 4.39 Å². The van der Waals surface area contributed by atoms with E-state index in [2.05, 4.69) is 4.74 Å². The van der Waals surface area contributed by atoms with Crippen LogP contribution < -0.4 is 0 Å². The first kappa shape index (κ1) is 17.4. The highest BCUT2D eigenvalue weighted by molar-refractivity contribution is 6.31. The molecule has 0 bridgehead atoms. The number of carbonyl (C=O) groups is 2. The second-order valence-corrected chi connectivity index (χ2v) is 6.02. The summed E-state index contributed by atoms with van der Waals surface area (Å²) in [5.41, 5.74) is -0.370. The van der Waals surface area contributed by atoms with E-state index in [9.17, 15) is 14.0 Å². The molecule has 116 valence electrons. The first-order chi connectivity index (χ1) is 9.56. The van der Waals surface area contributed by atoms with Crippen LogP contribution in [0.4, 0.5) is 4.39 Å². The lowest BCUT2D eigenvalue weighted by atomic mass is 9.96. The predicted octanol–water partition coefficient (Wildman–Crippen LogP) is 3.39. The Kier molecular flexibility index (Phi) is 5.34. The van der Waals surface area contributed by atoms with Crippen molar-refractivity contribution in [1.29, 1.82) is 0 Å². The molecule has 0 aliphatic rings. The molecule has 0 saturated heterocycles. The second-order valence-electron chi connectivity index (χ2n) is 5.61. The van der Waals surface area contributed by atoms with Crippen LogP contribution in [0, 0.1) is 12.7 Å². The van der Waals surface area contributed by atoms with Gasteiger partial charge in [0.15, 0.2) is 5.92 Å². The minimum Gasteiger partial charge on any atom is -0.468 e. The van der Waals surface area contributed by atoms with Gasteiger partial charge in [0.1, 0.15) is 11.4 Å². The minimum atomic E-state index is -1.48. The number of halogens is 2. The Morgan fingerprint density at radius 3 is 2.29 bits per heavy atom. The van der Waals surface area contributed by atoms with E-state index < -0.39 is 29.3 Å². The smallest absolute Gasteiger partial charge is 0.325 e. The van der Waals surface area contributed by atoms with E-state index in [0.717, 1.165) is 13.2 Å². The van der Waals surface area contributed by atoms with E-state index in [1.165, 1.54) is 6.07 Å². The van der Waals surface area contributed by atoms with Crippen LogP contribution >= 0.6 is 11.6 Å². The van der Waals surface area contributed by atoms with Crippen LogP contribution in [0.15, 0.2) is 12.1 Å². The summed E-state index contributed by atoms with van der Waals surface area (Å²) >= 11 is 5.82. The van der Waals surface area contributed by atoms with Gasteiger partial charge in [-0.1, -0.05) is 17.7 Å². The summed E-state index contributed by atoms with van der Waals surface area (Å²) in [4.78, 5) is 24.1. The van der Waals surface area contributed by atoms with Crippen molar-refractivity contribution in [3.63, 3.8) is 0 Å². The average Bonchev–Trinajstić information content (AvgIpc) is 2.33. The fourth-order valence-electron chi connectivity index (χ4n) is 1.73. The molecular weight excluding hydrogens is 299 g/mol. The van der Waals surface area contributed by atoms with E-state index in [4.69, 9.17) is 16.3 Å². The number of hydrogen-bond donors (Lipinski definition) is 0. The third-order valence-electron chi connectivity index (χ3n) is 2.67. The Bertz CT molecular complexity index is 564. The molecule has 1 atom stereocenters. The Balaban J connectivity index is 3.30. The van der Waals surface area contributed by atoms with Crippen molar-refractivity contribution in [2.75, 3.05) is 7.11 Å². The summed E-state index contributed by atoms with van der Waals surface area (Å²) in [6.45, 7) is 6.61. The quantitative estimate of drug-likeness (QED) is 0.633. The van der Waals surface area contributed by atoms with E-state index in [1.807, 2.05) is 0 Å². The maximum absolute atomic E-state index is 14.1. The zero-order valence-corrected chi connectivity index (χ0v) is 13.4. The van der Waals surface area contributed by atoms with Gasteiger partial charge in [0.25, 0.3) is 0 Å². The summed E-state index contributed by atoms with van der Waals surface area (Å²) in [6.07, 6.45) is 0. The van der Waals surface area contributed by atoms with Crippen LogP contribution in [-0.4, -0.2) is 24.6 Å². The molecule has 0 aliphatic carbocycles. The predicted molar refractivity (Wildman–Crippen MR) is 76.7 cm³/mol. The lowest BCUT2D eigenvalue weighted by Gasteiger charge is -2.23. The Morgan fingerprint density at radius 2 is 1.81 bits per heavy atom. The van der Waals surface area contributed by atoms with Crippen molar-refractivity contribution < 1.29 is 23.5 Å². The number of benzene rings is 1. The molecule has 0 radical (unpaired) electrons. The zero-order valence-electron chi connectivity index (χ0n) is 12.6. The standard InChI is InChI=1S/C15H18ClFO4/c1-8-6-9(11(17)7-10(8)16)12(13(18)20-5)14(19)21-15(2,3)4/h6-7,12H,1-5H3. The number of methoxy groups -OCH3 is 1. The Labute approximate surface area is 128 Å². The highest BCUT2D eigenvalue weighted by Crippen LogP contribution is 2.28. The molecule has 6 heteroatoms. The van der Waals surface area contributed by atoms with Gasteiger partial charge in [-0.05, 0) is 39.3 Å². The lowest BCUT2D eigenvalue weighted by molar-refractivity contribution is -0.163. The van der Waals surface area contributed by atoms with Crippen molar-refractivity contribution in [2.45, 2.75) is 39.2 Å². The van der Waals surface area contributed by atoms with Gasteiger partial charge in [0.2, 0.25) is 0 Å². The third-order valence-corrected chi connectivity index (χ3v) is 3.08. The molecule has 0 fully saturated rings. The van der Waals surface area contributed by atoms with Crippen LogP contribution in [0.25, 0.3) is 0 Å². The van der Waals surface area contributed by atoms with Gasteiger partial charge in [-0.2, -0.15) is 0 Å². The monoisotopic (exact) mass is 316 g/mol. The highest BCUT2D eigenvalue weighted by atomic mass is 35.5. The summed E-state index contributed by atoms with van der Waals surface area (Å²) in [7, 11) is 1.13. The van der Waals surface area contributed by atoms with Crippen molar-refractivity contribution in [2.24, 2.45) is 0 Å². The van der Waals surface area contributed by atoms with Crippen molar-refractivity contribution in [3.05, 3.63) is 34.1 Å². The molecule has 1 unspecified atom stereocenters. The Morgan fingerprint density at radius 1 is 1.24 bits per heavy atom. The molecule has 21 heavy (non-hydrogen) atoms. The van der Waals surface area contributed by atoms with Gasteiger partial charge in [0.05, 0.1) is 7.11 Å². The highest BCUT2D eigenvalue weighted by Gasteiger charge is 2.36. The van der Waals surface area contributed by atoms with Crippen molar-refractivity contribution in [1.82, 2.24) is 0 Å². The summed E-state index contributed by atoms with van der Waals surface area (Å²) in [5, 5.41) is 0.212. The van der Waals surface area contributed by atoms with Crippen LogP contribution in [0.3, 0.4) is 0 Å². The molecule has 1 rings (SSSR count). The van der Waals surface area contributed by atoms with Crippen LogP contribution in [0.1, 0.15) is 37.8 Å². The number of aryl methyl sites for hydroxylation is 1. The van der Waals surface area contributed by atoms with Crippen LogP contribution in [0.5, 0.6) is 0 Å². The van der Waals surface area contributed by atoms with E-state index in [0.29, 0.717) is 5.56 Å². The fourth-order valence-corrected chi connectivity index (χ4v) is 1.88. The molecule has 4 nitrogen and oxygen atoms in total. The maximum Gasteiger partial charge on any atom is 0.325 e. The molecule has 0 amide bonds. The number of hydrogen-bond acceptors (Lipinski definition) is 4. The molecule has 0 saturated carbocycles. The fraction of sp³-hybridized carbons (Fsp3) is 0.467. The minimum absolute atomic E-state index is 0.113. The van der Waals surface area contributed by atoms with Gasteiger partial charge in [-0.15, -0.1) is 0 Å². The van der Waals surface area contributed by atoms with Gasteiger partial charge >= 0.3 is 11.9 Å². The molecule has 0 spiro atoms. The molecule has 0 aromatic heterocycles. The third kappa shape index (κ3) is 4.43. The van der Waals surface area contributed by atoms with Crippen molar-refractivity contribution in [3.8, 4) is 0 Å². The zero-order chi connectivity index (χ0) is 16.4.